The third-order valence-electron chi connectivity index (χ3n) is 5.53. The Kier molecular flexibility index (Phi) is 5.85. The normalized spacial score (nSPS) is 14.9. The molecule has 1 aliphatic heterocycles. The Bertz CT molecular complexity index is 1070. The smallest absolute Gasteiger partial charge is 0.271 e. The Morgan fingerprint density at radius 2 is 2.00 bits per heavy atom. The number of nitrogens with zero attached hydrogens (tertiary/aromatic N) is 3. The molecule has 1 heterocycles. The molecule has 0 radical (unpaired) electrons. The molecule has 10 nitrogen and oxygen atoms in total. The Balaban J connectivity index is 1.59. The second-order valence-electron chi connectivity index (χ2n) is 7.61. The zero-order valence-corrected chi connectivity index (χ0v) is 17.8. The van der Waals surface area contributed by atoms with E-state index in [2.05, 4.69) is 0 Å². The van der Waals surface area contributed by atoms with Crippen molar-refractivity contribution in [3.63, 3.8) is 0 Å². The van der Waals surface area contributed by atoms with Crippen LogP contribution >= 0.6 is 0 Å². The van der Waals surface area contributed by atoms with Crippen LogP contribution in [0.25, 0.3) is 0 Å². The molecule has 2 aliphatic rings. The van der Waals surface area contributed by atoms with Crippen LogP contribution in [0.3, 0.4) is 0 Å². The lowest BCUT2D eigenvalue weighted by Crippen LogP contribution is -2.47. The third-order valence-corrected chi connectivity index (χ3v) is 5.53. The van der Waals surface area contributed by atoms with Crippen molar-refractivity contribution in [2.75, 3.05) is 32.3 Å². The molecule has 168 valence electrons. The molecule has 2 amide bonds. The van der Waals surface area contributed by atoms with Gasteiger partial charge in [0, 0.05) is 30.3 Å². The number of nitro benzene ring substituents is 1. The van der Waals surface area contributed by atoms with Gasteiger partial charge in [-0.1, -0.05) is 0 Å². The maximum absolute atomic E-state index is 13.3. The average molecular weight is 441 g/mol. The number of methoxy groups -OCH3 is 2. The van der Waals surface area contributed by atoms with Crippen LogP contribution in [0.5, 0.6) is 17.2 Å². The number of hydrogen-bond acceptors (Lipinski definition) is 7. The number of benzene rings is 2. The lowest BCUT2D eigenvalue weighted by atomic mass is 10.1. The van der Waals surface area contributed by atoms with Crippen LogP contribution in [0.15, 0.2) is 36.4 Å². The summed E-state index contributed by atoms with van der Waals surface area (Å²) in [7, 11) is 3.13. The fraction of sp³-hybridized carbons (Fsp3) is 0.364. The number of carbonyl (C=O) groups is 2. The topological polar surface area (TPSA) is 111 Å². The zero-order chi connectivity index (χ0) is 22.8. The minimum Gasteiger partial charge on any atom is -0.497 e. The van der Waals surface area contributed by atoms with Crippen molar-refractivity contribution in [2.24, 2.45) is 0 Å². The van der Waals surface area contributed by atoms with Gasteiger partial charge in [-0.15, -0.1) is 0 Å². The molecule has 2 aromatic rings. The third kappa shape index (κ3) is 4.29. The van der Waals surface area contributed by atoms with Crippen LogP contribution in [-0.2, 0) is 16.1 Å². The Labute approximate surface area is 184 Å². The monoisotopic (exact) mass is 441 g/mol. The Morgan fingerprint density at radius 3 is 2.66 bits per heavy atom. The van der Waals surface area contributed by atoms with Crippen LogP contribution in [0, 0.1) is 10.1 Å². The molecule has 4 rings (SSSR count). The number of rotatable bonds is 8. The fourth-order valence-electron chi connectivity index (χ4n) is 3.70. The molecule has 0 bridgehead atoms. The van der Waals surface area contributed by atoms with Gasteiger partial charge < -0.3 is 19.1 Å². The standard InChI is InChI=1S/C22H23N3O7/c1-30-17-6-8-19(31-2)14(9-17)11-23(15-3-4-15)21(26)12-24-18-10-16(25(28)29)5-7-20(18)32-13-22(24)27/h5-10,15H,3-4,11-13H2,1-2H3. The van der Waals surface area contributed by atoms with E-state index < -0.39 is 10.8 Å². The first-order chi connectivity index (χ1) is 15.4. The van der Waals surface area contributed by atoms with E-state index in [1.54, 1.807) is 31.3 Å². The van der Waals surface area contributed by atoms with Crippen molar-refractivity contribution in [2.45, 2.75) is 25.4 Å². The highest BCUT2D eigenvalue weighted by Crippen LogP contribution is 2.36. The largest absolute Gasteiger partial charge is 0.497 e. The van der Waals surface area contributed by atoms with Gasteiger partial charge in [-0.05, 0) is 37.1 Å². The highest BCUT2D eigenvalue weighted by Gasteiger charge is 2.36. The first-order valence-corrected chi connectivity index (χ1v) is 10.1. The molecule has 10 heteroatoms. The van der Waals surface area contributed by atoms with Crippen molar-refractivity contribution < 1.29 is 28.7 Å². The minimum absolute atomic E-state index is 0.0686. The van der Waals surface area contributed by atoms with E-state index in [1.807, 2.05) is 6.07 Å². The number of carbonyl (C=O) groups excluding carboxylic acids is 2. The van der Waals surface area contributed by atoms with Crippen LogP contribution in [-0.4, -0.2) is 55.1 Å². The van der Waals surface area contributed by atoms with Crippen molar-refractivity contribution in [1.29, 1.82) is 0 Å². The highest BCUT2D eigenvalue weighted by molar-refractivity contribution is 6.02. The summed E-state index contributed by atoms with van der Waals surface area (Å²) in [5.74, 6) is 0.919. The van der Waals surface area contributed by atoms with Crippen molar-refractivity contribution in [3.05, 3.63) is 52.1 Å². The van der Waals surface area contributed by atoms with Crippen LogP contribution in [0.1, 0.15) is 18.4 Å². The van der Waals surface area contributed by atoms with E-state index in [0.717, 1.165) is 18.4 Å². The summed E-state index contributed by atoms with van der Waals surface area (Å²) in [6.07, 6.45) is 1.74. The summed E-state index contributed by atoms with van der Waals surface area (Å²) < 4.78 is 16.1. The summed E-state index contributed by atoms with van der Waals surface area (Å²) in [5, 5.41) is 11.2. The lowest BCUT2D eigenvalue weighted by Gasteiger charge is -2.31. The second kappa shape index (κ2) is 8.74. The molecule has 1 saturated carbocycles. The fourth-order valence-corrected chi connectivity index (χ4v) is 3.70. The summed E-state index contributed by atoms with van der Waals surface area (Å²) in [4.78, 5) is 39.5. The van der Waals surface area contributed by atoms with Gasteiger partial charge in [0.15, 0.2) is 6.61 Å². The van der Waals surface area contributed by atoms with Crippen molar-refractivity contribution in [1.82, 2.24) is 4.90 Å². The molecule has 2 aromatic carbocycles. The predicted octanol–water partition coefficient (Wildman–Crippen LogP) is 2.53. The van der Waals surface area contributed by atoms with Gasteiger partial charge in [0.05, 0.1) is 24.8 Å². The highest BCUT2D eigenvalue weighted by atomic mass is 16.6. The first-order valence-electron chi connectivity index (χ1n) is 10.1. The van der Waals surface area contributed by atoms with E-state index >= 15 is 0 Å². The van der Waals surface area contributed by atoms with E-state index in [9.17, 15) is 19.7 Å². The number of anilines is 1. The van der Waals surface area contributed by atoms with E-state index in [0.29, 0.717) is 23.8 Å². The van der Waals surface area contributed by atoms with Gasteiger partial charge in [0.25, 0.3) is 11.6 Å². The van der Waals surface area contributed by atoms with E-state index in [-0.39, 0.29) is 36.5 Å². The van der Waals surface area contributed by atoms with Crippen LogP contribution in [0.2, 0.25) is 0 Å². The summed E-state index contributed by atoms with van der Waals surface area (Å²) in [6.45, 7) is -0.172. The van der Waals surface area contributed by atoms with Gasteiger partial charge in [-0.2, -0.15) is 0 Å². The molecule has 1 aliphatic carbocycles. The molecule has 0 N–H and O–H groups in total. The maximum Gasteiger partial charge on any atom is 0.271 e. The Morgan fingerprint density at radius 1 is 1.22 bits per heavy atom. The molecule has 0 spiro atoms. The van der Waals surface area contributed by atoms with Gasteiger partial charge in [0.2, 0.25) is 5.91 Å². The quantitative estimate of drug-likeness (QED) is 0.457. The SMILES string of the molecule is COc1ccc(OC)c(CN(C(=O)CN2C(=O)COc3ccc([N+](=O)[O-])cc32)C2CC2)c1. The number of amides is 2. The molecule has 0 atom stereocenters. The van der Waals surface area contributed by atoms with Gasteiger partial charge in [-0.3, -0.25) is 24.6 Å². The summed E-state index contributed by atoms with van der Waals surface area (Å²) in [6, 6.07) is 9.45. The molecule has 0 aromatic heterocycles. The number of hydrogen-bond donors (Lipinski definition) is 0. The first kappa shape index (κ1) is 21.4. The predicted molar refractivity (Wildman–Crippen MR) is 114 cm³/mol. The second-order valence-corrected chi connectivity index (χ2v) is 7.61. The number of nitro groups is 1. The minimum atomic E-state index is -0.551. The van der Waals surface area contributed by atoms with Crippen LogP contribution < -0.4 is 19.1 Å². The van der Waals surface area contributed by atoms with Gasteiger partial charge in [0.1, 0.15) is 23.8 Å². The summed E-state index contributed by atoms with van der Waals surface area (Å²) >= 11 is 0. The molecule has 0 saturated heterocycles. The molecule has 32 heavy (non-hydrogen) atoms. The average Bonchev–Trinajstić information content (AvgIpc) is 3.63. The van der Waals surface area contributed by atoms with Crippen molar-refractivity contribution >= 4 is 23.2 Å². The van der Waals surface area contributed by atoms with Gasteiger partial charge in [-0.25, -0.2) is 0 Å². The number of ether oxygens (including phenoxy) is 3. The zero-order valence-electron chi connectivity index (χ0n) is 17.8. The number of non-ortho nitro benzene ring substituents is 1. The van der Waals surface area contributed by atoms with Crippen LogP contribution in [0.4, 0.5) is 11.4 Å². The van der Waals surface area contributed by atoms with E-state index in [4.69, 9.17) is 14.2 Å². The molecule has 1 fully saturated rings. The van der Waals surface area contributed by atoms with Crippen molar-refractivity contribution in [3.8, 4) is 17.2 Å². The molecular weight excluding hydrogens is 418 g/mol. The van der Waals surface area contributed by atoms with E-state index in [1.165, 1.54) is 23.1 Å². The molecular formula is C22H23N3O7. The lowest BCUT2D eigenvalue weighted by molar-refractivity contribution is -0.384. The maximum atomic E-state index is 13.3. The summed E-state index contributed by atoms with van der Waals surface area (Å²) in [5.41, 5.74) is 0.828. The number of fused-ring (bicyclic) bond motifs is 1. The molecule has 0 unspecified atom stereocenters. The van der Waals surface area contributed by atoms with Gasteiger partial charge >= 0.3 is 0 Å². The Hall–Kier alpha value is -3.82.